The van der Waals surface area contributed by atoms with Gasteiger partial charge in [0.1, 0.15) is 0 Å². The molecule has 0 aliphatic heterocycles. The van der Waals surface area contributed by atoms with E-state index in [-0.39, 0.29) is 10.9 Å². The zero-order valence-electron chi connectivity index (χ0n) is 11.8. The van der Waals surface area contributed by atoms with Crippen LogP contribution in [0.1, 0.15) is 37.3 Å². The predicted molar refractivity (Wildman–Crippen MR) is 80.5 cm³/mol. The first-order valence-electron chi connectivity index (χ1n) is 6.71. The van der Waals surface area contributed by atoms with Crippen LogP contribution < -0.4 is 0 Å². The maximum atomic E-state index is 12.7. The molecule has 0 saturated heterocycles. The van der Waals surface area contributed by atoms with Crippen molar-refractivity contribution in [3.05, 3.63) is 69.8 Å². The van der Waals surface area contributed by atoms with Crippen LogP contribution >= 0.6 is 11.6 Å². The van der Waals surface area contributed by atoms with Gasteiger partial charge in [-0.3, -0.25) is 0 Å². The standard InChI is InChI=1S/C17H16ClF3/c1-3-4-12-9-13(6-5-11(12)2)15-8-7-14(10-16(15)18)17(19,20)21/h3-5,7-10,13H,6H2,1-2H3/b4-3-. The van der Waals surface area contributed by atoms with Crippen molar-refractivity contribution >= 4 is 11.6 Å². The first-order valence-corrected chi connectivity index (χ1v) is 7.09. The largest absolute Gasteiger partial charge is 0.416 e. The smallest absolute Gasteiger partial charge is 0.166 e. The first kappa shape index (κ1) is 15.9. The van der Waals surface area contributed by atoms with Crippen molar-refractivity contribution in [1.29, 1.82) is 0 Å². The quantitative estimate of drug-likeness (QED) is 0.601. The lowest BCUT2D eigenvalue weighted by Crippen LogP contribution is -2.07. The summed E-state index contributed by atoms with van der Waals surface area (Å²) in [5.41, 5.74) is 2.28. The Labute approximate surface area is 127 Å². The van der Waals surface area contributed by atoms with Gasteiger partial charge in [0, 0.05) is 10.9 Å². The van der Waals surface area contributed by atoms with Crippen LogP contribution in [0, 0.1) is 0 Å². The Kier molecular flexibility index (Phi) is 4.62. The Balaban J connectivity index is 2.36. The first-order chi connectivity index (χ1) is 9.82. The van der Waals surface area contributed by atoms with Crippen molar-refractivity contribution in [2.45, 2.75) is 32.4 Å². The molecule has 0 spiro atoms. The molecule has 21 heavy (non-hydrogen) atoms. The summed E-state index contributed by atoms with van der Waals surface area (Å²) in [6.07, 6.45) is 4.48. The summed E-state index contributed by atoms with van der Waals surface area (Å²) in [6.45, 7) is 3.96. The van der Waals surface area contributed by atoms with Gasteiger partial charge in [0.05, 0.1) is 5.56 Å². The molecular formula is C17H16ClF3. The second-order valence-electron chi connectivity index (χ2n) is 5.09. The van der Waals surface area contributed by atoms with Crippen LogP contribution in [0.5, 0.6) is 0 Å². The summed E-state index contributed by atoms with van der Waals surface area (Å²) in [5.74, 6) is 0.00897. The molecule has 0 fully saturated rings. The number of allylic oxidation sites excluding steroid dienone is 6. The highest BCUT2D eigenvalue weighted by Gasteiger charge is 2.31. The molecule has 2 rings (SSSR count). The van der Waals surface area contributed by atoms with E-state index in [0.29, 0.717) is 0 Å². The van der Waals surface area contributed by atoms with E-state index in [2.05, 4.69) is 12.2 Å². The molecule has 0 amide bonds. The molecule has 1 aromatic rings. The fourth-order valence-corrected chi connectivity index (χ4v) is 2.75. The molecule has 0 bridgehead atoms. The predicted octanol–water partition coefficient (Wildman–Crippen LogP) is 6.29. The maximum Gasteiger partial charge on any atom is 0.416 e. The van der Waals surface area contributed by atoms with Crippen LogP contribution in [0.2, 0.25) is 5.02 Å². The van der Waals surface area contributed by atoms with Crippen LogP contribution in [-0.2, 0) is 6.18 Å². The monoisotopic (exact) mass is 312 g/mol. The number of hydrogen-bond donors (Lipinski definition) is 0. The minimum atomic E-state index is -4.36. The molecular weight excluding hydrogens is 297 g/mol. The normalized spacial score (nSPS) is 19.6. The highest BCUT2D eigenvalue weighted by atomic mass is 35.5. The highest BCUT2D eigenvalue weighted by molar-refractivity contribution is 6.31. The van der Waals surface area contributed by atoms with E-state index in [1.54, 1.807) is 0 Å². The van der Waals surface area contributed by atoms with Gasteiger partial charge in [0.15, 0.2) is 0 Å². The summed E-state index contributed by atoms with van der Waals surface area (Å²) in [4.78, 5) is 0. The van der Waals surface area contributed by atoms with Gasteiger partial charge < -0.3 is 0 Å². The Morgan fingerprint density at radius 1 is 1.29 bits per heavy atom. The Morgan fingerprint density at radius 3 is 2.57 bits per heavy atom. The maximum absolute atomic E-state index is 12.7. The Morgan fingerprint density at radius 2 is 2.00 bits per heavy atom. The molecule has 0 saturated carbocycles. The number of rotatable bonds is 2. The van der Waals surface area contributed by atoms with Gasteiger partial charge in [0.2, 0.25) is 0 Å². The highest BCUT2D eigenvalue weighted by Crippen LogP contribution is 2.38. The van der Waals surface area contributed by atoms with Gasteiger partial charge in [-0.15, -0.1) is 0 Å². The van der Waals surface area contributed by atoms with E-state index in [1.165, 1.54) is 11.6 Å². The fourth-order valence-electron chi connectivity index (χ4n) is 2.43. The third-order valence-electron chi connectivity index (χ3n) is 3.59. The van der Waals surface area contributed by atoms with Crippen molar-refractivity contribution in [3.63, 3.8) is 0 Å². The summed E-state index contributed by atoms with van der Waals surface area (Å²) in [5, 5.41) is 0.166. The van der Waals surface area contributed by atoms with Crippen molar-refractivity contribution < 1.29 is 13.2 Å². The third kappa shape index (κ3) is 3.59. The minimum Gasteiger partial charge on any atom is -0.166 e. The average molecular weight is 313 g/mol. The van der Waals surface area contributed by atoms with Gasteiger partial charge in [-0.1, -0.05) is 42.0 Å². The SMILES string of the molecule is C/C=C\C1=CC(c2ccc(C(F)(F)F)cc2Cl)CC=C1C. The molecule has 1 atom stereocenters. The van der Waals surface area contributed by atoms with Crippen molar-refractivity contribution in [3.8, 4) is 0 Å². The van der Waals surface area contributed by atoms with Gasteiger partial charge in [-0.2, -0.15) is 13.2 Å². The summed E-state index contributed by atoms with van der Waals surface area (Å²) < 4.78 is 38.0. The molecule has 0 radical (unpaired) electrons. The van der Waals surface area contributed by atoms with Crippen LogP contribution in [0.4, 0.5) is 13.2 Å². The van der Waals surface area contributed by atoms with Crippen LogP contribution in [0.15, 0.2) is 53.6 Å². The lowest BCUT2D eigenvalue weighted by Gasteiger charge is -2.21. The molecule has 0 aromatic heterocycles. The molecule has 4 heteroatoms. The van der Waals surface area contributed by atoms with E-state index < -0.39 is 11.7 Å². The molecule has 1 aliphatic carbocycles. The number of alkyl halides is 3. The topological polar surface area (TPSA) is 0 Å². The summed E-state index contributed by atoms with van der Waals surface area (Å²) >= 11 is 6.06. The average Bonchev–Trinajstić information content (AvgIpc) is 2.40. The Hall–Kier alpha value is -1.48. The number of hydrogen-bond acceptors (Lipinski definition) is 0. The Bertz CT molecular complexity index is 621. The molecule has 0 heterocycles. The van der Waals surface area contributed by atoms with Crippen molar-refractivity contribution in [2.24, 2.45) is 0 Å². The van der Waals surface area contributed by atoms with Gasteiger partial charge in [-0.25, -0.2) is 0 Å². The minimum absolute atomic E-state index is 0.00897. The lowest BCUT2D eigenvalue weighted by atomic mass is 9.86. The second kappa shape index (κ2) is 6.10. The van der Waals surface area contributed by atoms with Crippen molar-refractivity contribution in [1.82, 2.24) is 0 Å². The van der Waals surface area contributed by atoms with E-state index >= 15 is 0 Å². The number of halogens is 4. The van der Waals surface area contributed by atoms with Crippen LogP contribution in [-0.4, -0.2) is 0 Å². The summed E-state index contributed by atoms with van der Waals surface area (Å²) in [7, 11) is 0. The number of benzene rings is 1. The van der Waals surface area contributed by atoms with E-state index in [9.17, 15) is 13.2 Å². The molecule has 0 N–H and O–H groups in total. The fraction of sp³-hybridized carbons (Fsp3) is 0.294. The van der Waals surface area contributed by atoms with Crippen molar-refractivity contribution in [2.75, 3.05) is 0 Å². The third-order valence-corrected chi connectivity index (χ3v) is 3.91. The molecule has 1 aromatic carbocycles. The van der Waals surface area contributed by atoms with Crippen LogP contribution in [0.25, 0.3) is 0 Å². The molecule has 0 nitrogen and oxygen atoms in total. The van der Waals surface area contributed by atoms with Crippen LogP contribution in [0.3, 0.4) is 0 Å². The molecule has 112 valence electrons. The van der Waals surface area contributed by atoms with E-state index in [1.807, 2.05) is 26.0 Å². The molecule has 1 aliphatic rings. The van der Waals surface area contributed by atoms with E-state index in [4.69, 9.17) is 11.6 Å². The second-order valence-corrected chi connectivity index (χ2v) is 5.49. The van der Waals surface area contributed by atoms with E-state index in [0.717, 1.165) is 29.7 Å². The van der Waals surface area contributed by atoms with Gasteiger partial charge in [-0.05, 0) is 49.1 Å². The zero-order valence-corrected chi connectivity index (χ0v) is 12.6. The zero-order chi connectivity index (χ0) is 15.6. The van der Waals surface area contributed by atoms with Gasteiger partial charge in [0.25, 0.3) is 0 Å². The lowest BCUT2D eigenvalue weighted by molar-refractivity contribution is -0.137. The van der Waals surface area contributed by atoms with Gasteiger partial charge >= 0.3 is 6.18 Å². The molecule has 1 unspecified atom stereocenters. The summed E-state index contributed by atoms with van der Waals surface area (Å²) in [6, 6.07) is 3.58.